The number of fused-ring (bicyclic) bond motifs is 1. The number of nitro groups is 3. The summed E-state index contributed by atoms with van der Waals surface area (Å²) in [4.78, 5) is 32.3. The fraction of sp³-hybridized carbons (Fsp3) is 0.0385. The van der Waals surface area contributed by atoms with Crippen molar-refractivity contribution in [2.75, 3.05) is 14.8 Å². The van der Waals surface area contributed by atoms with Gasteiger partial charge in [-0.25, -0.2) is 5.01 Å². The van der Waals surface area contributed by atoms with Gasteiger partial charge in [-0.3, -0.25) is 40.1 Å². The topological polar surface area (TPSA) is 172 Å². The Morgan fingerprint density at radius 3 is 1.40 bits per heavy atom. The van der Waals surface area contributed by atoms with Crippen LogP contribution in [0.15, 0.2) is 108 Å². The predicted molar refractivity (Wildman–Crippen MR) is 146 cm³/mol. The van der Waals surface area contributed by atoms with Gasteiger partial charge in [-0.15, -0.1) is 5.10 Å². The van der Waals surface area contributed by atoms with Gasteiger partial charge < -0.3 is 5.11 Å². The first-order valence-corrected chi connectivity index (χ1v) is 11.7. The molecule has 1 saturated heterocycles. The summed E-state index contributed by atoms with van der Waals surface area (Å²) >= 11 is 0. The maximum Gasteiger partial charge on any atom is 0.324 e. The van der Waals surface area contributed by atoms with Crippen LogP contribution in [0.4, 0.5) is 34.1 Å². The summed E-state index contributed by atoms with van der Waals surface area (Å²) in [7, 11) is 0. The first kappa shape index (κ1) is 25.6. The van der Waals surface area contributed by atoms with E-state index in [-0.39, 0.29) is 6.29 Å². The minimum absolute atomic E-state index is 0.0344. The molecular weight excluding hydrogens is 522 g/mol. The molecule has 1 N–H and O–H groups in total. The molecule has 3 aliphatic rings. The van der Waals surface area contributed by atoms with Crippen LogP contribution in [0, 0.1) is 30.3 Å². The summed E-state index contributed by atoms with van der Waals surface area (Å²) in [5.74, 6) is -0.248. The Morgan fingerprint density at radius 2 is 1.02 bits per heavy atom. The van der Waals surface area contributed by atoms with Gasteiger partial charge in [-0.1, -0.05) is 54.6 Å². The summed E-state index contributed by atoms with van der Waals surface area (Å²) in [5.41, 5.74) is 0.411. The van der Waals surface area contributed by atoms with E-state index >= 15 is 0 Å². The second-order valence-corrected chi connectivity index (χ2v) is 8.44. The largest absolute Gasteiger partial charge is 0.497 e. The Balaban J connectivity index is 0.000000177. The molecule has 200 valence electrons. The zero-order chi connectivity index (χ0) is 28.4. The first-order chi connectivity index (χ1) is 19.3. The normalized spacial score (nSPS) is 13.6. The van der Waals surface area contributed by atoms with Crippen molar-refractivity contribution in [2.45, 2.75) is 6.29 Å². The second kappa shape index (κ2) is 10.4. The number of nitro benzene ring substituents is 3. The van der Waals surface area contributed by atoms with Crippen molar-refractivity contribution in [1.82, 2.24) is 0 Å². The molecule has 4 aromatic rings. The van der Waals surface area contributed by atoms with Gasteiger partial charge >= 0.3 is 11.4 Å². The molecule has 1 fully saturated rings. The van der Waals surface area contributed by atoms with E-state index in [1.165, 1.54) is 0 Å². The zero-order valence-corrected chi connectivity index (χ0v) is 20.4. The highest BCUT2D eigenvalue weighted by molar-refractivity contribution is 6.18. The third-order valence-corrected chi connectivity index (χ3v) is 6.06. The van der Waals surface area contributed by atoms with Crippen LogP contribution in [0.1, 0.15) is 0 Å². The summed E-state index contributed by atoms with van der Waals surface area (Å²) in [6.07, 6.45) is 0.0344. The van der Waals surface area contributed by atoms with Gasteiger partial charge in [0.2, 0.25) is 12.2 Å². The number of rotatable bonds is 6. The average molecular weight is 541 g/mol. The summed E-state index contributed by atoms with van der Waals surface area (Å²) in [5, 5.41) is 47.1. The Morgan fingerprint density at radius 1 is 0.625 bits per heavy atom. The molecule has 0 spiro atoms. The highest BCUT2D eigenvalue weighted by Gasteiger charge is 2.54. The molecule has 0 aromatic heterocycles. The van der Waals surface area contributed by atoms with Crippen LogP contribution in [0.25, 0.3) is 0 Å². The molecule has 40 heavy (non-hydrogen) atoms. The number of hydrogen-bond acceptors (Lipinski definition) is 11. The number of non-ortho nitro benzene ring substituents is 1. The zero-order valence-electron chi connectivity index (χ0n) is 20.4. The minimum atomic E-state index is -1.21. The van der Waals surface area contributed by atoms with E-state index < -0.39 is 37.6 Å². The maximum absolute atomic E-state index is 10.4. The van der Waals surface area contributed by atoms with E-state index in [0.29, 0.717) is 12.1 Å². The van der Waals surface area contributed by atoms with Crippen LogP contribution in [-0.2, 0) is 0 Å². The number of para-hydroxylation sites is 3. The standard InChI is InChI=1S/C20H16N4.C6H3N3O7/c1-4-10-16(11-5-1)22-19-21-24(18-14-8-3-9-15-18)20(22)23(19)17-12-6-2-7-13-17;10-6-4(8(13)14)1-3(7(11)12)2-5(6)9(15)16/h1-15,20H;1-2,10H. The molecule has 4 aromatic carbocycles. The minimum Gasteiger partial charge on any atom is -0.497 e. The van der Waals surface area contributed by atoms with Crippen LogP contribution >= 0.6 is 0 Å². The van der Waals surface area contributed by atoms with E-state index in [2.05, 4.69) is 75.5 Å². The van der Waals surface area contributed by atoms with Crippen molar-refractivity contribution in [3.63, 3.8) is 0 Å². The van der Waals surface area contributed by atoms with Crippen molar-refractivity contribution in [3.05, 3.63) is 133 Å². The van der Waals surface area contributed by atoms with Crippen LogP contribution in [-0.4, -0.2) is 32.1 Å². The molecule has 0 radical (unpaired) electrons. The monoisotopic (exact) mass is 541 g/mol. The van der Waals surface area contributed by atoms with Gasteiger partial charge in [0.25, 0.3) is 11.4 Å². The summed E-state index contributed by atoms with van der Waals surface area (Å²) in [6, 6.07) is 32.0. The molecule has 7 rings (SSSR count). The third-order valence-electron chi connectivity index (χ3n) is 6.06. The Hall–Kier alpha value is -6.05. The number of benzene rings is 4. The molecule has 0 unspecified atom stereocenters. The number of hydrazone groups is 1. The average Bonchev–Trinajstić information content (AvgIpc) is 3.54. The number of guanidine groups is 1. The molecule has 14 heteroatoms. The van der Waals surface area contributed by atoms with Gasteiger partial charge in [-0.2, -0.15) is 0 Å². The lowest BCUT2D eigenvalue weighted by molar-refractivity contribution is -0.404. The van der Waals surface area contributed by atoms with Crippen molar-refractivity contribution >= 4 is 40.1 Å². The quantitative estimate of drug-likeness (QED) is 0.252. The van der Waals surface area contributed by atoms with Gasteiger partial charge in [0.05, 0.1) is 32.6 Å². The first-order valence-electron chi connectivity index (χ1n) is 11.7. The smallest absolute Gasteiger partial charge is 0.324 e. The van der Waals surface area contributed by atoms with Gasteiger partial charge in [0, 0.05) is 11.4 Å². The van der Waals surface area contributed by atoms with Gasteiger partial charge in [-0.05, 0) is 36.4 Å². The summed E-state index contributed by atoms with van der Waals surface area (Å²) < 4.78 is 0. The van der Waals surface area contributed by atoms with Crippen molar-refractivity contribution in [3.8, 4) is 5.75 Å². The molecule has 3 aliphatic heterocycles. The number of aromatic hydroxyl groups is 1. The van der Waals surface area contributed by atoms with Crippen LogP contribution in [0.5, 0.6) is 5.75 Å². The highest BCUT2D eigenvalue weighted by Crippen LogP contribution is 2.42. The fourth-order valence-electron chi connectivity index (χ4n) is 4.27. The van der Waals surface area contributed by atoms with Crippen molar-refractivity contribution < 1.29 is 19.9 Å². The number of phenols is 1. The fourth-order valence-corrected chi connectivity index (χ4v) is 4.27. The van der Waals surface area contributed by atoms with E-state index in [1.807, 2.05) is 30.3 Å². The van der Waals surface area contributed by atoms with E-state index in [4.69, 9.17) is 10.2 Å². The highest BCUT2D eigenvalue weighted by atomic mass is 16.6. The lowest BCUT2D eigenvalue weighted by atomic mass is 10.2. The lowest BCUT2D eigenvalue weighted by Crippen LogP contribution is -2.68. The predicted octanol–water partition coefficient (Wildman–Crippen LogP) is 5.20. The van der Waals surface area contributed by atoms with Gasteiger partial charge in [0.15, 0.2) is 0 Å². The lowest BCUT2D eigenvalue weighted by Gasteiger charge is -2.48. The van der Waals surface area contributed by atoms with Crippen LogP contribution in [0.3, 0.4) is 0 Å². The van der Waals surface area contributed by atoms with Crippen LogP contribution < -0.4 is 14.8 Å². The van der Waals surface area contributed by atoms with E-state index in [1.54, 1.807) is 0 Å². The summed E-state index contributed by atoms with van der Waals surface area (Å²) in [6.45, 7) is 0. The molecule has 0 amide bonds. The van der Waals surface area contributed by atoms with Crippen molar-refractivity contribution in [1.29, 1.82) is 0 Å². The molecule has 3 heterocycles. The number of hydrogen-bond donors (Lipinski definition) is 1. The van der Waals surface area contributed by atoms with Gasteiger partial charge in [0.1, 0.15) is 0 Å². The Labute approximate surface area is 225 Å². The number of anilines is 3. The molecular formula is C26H19N7O7. The molecule has 2 bridgehead atoms. The SMILES string of the molecule is O=[N+]([O-])c1cc([N+](=O)[O-])c(O)c([N+](=O)[O-])c1.c1ccc(N2N=C3N(c4ccccc4)C2N3c2ccccc2)cc1. The maximum atomic E-state index is 10.4. The van der Waals surface area contributed by atoms with Crippen LogP contribution in [0.2, 0.25) is 0 Å². The molecule has 0 saturated carbocycles. The third kappa shape index (κ3) is 4.56. The number of nitrogens with zero attached hydrogens (tertiary/aromatic N) is 7. The molecule has 0 atom stereocenters. The number of phenolic OH excluding ortho intramolecular Hbond substituents is 1. The Kier molecular flexibility index (Phi) is 6.64. The van der Waals surface area contributed by atoms with Crippen molar-refractivity contribution in [2.24, 2.45) is 5.10 Å². The van der Waals surface area contributed by atoms with E-state index in [0.717, 1.165) is 23.0 Å². The second-order valence-electron chi connectivity index (χ2n) is 8.44. The molecule has 0 aliphatic carbocycles. The Bertz CT molecular complexity index is 1480. The van der Waals surface area contributed by atoms with E-state index in [9.17, 15) is 30.3 Å². The molecule has 14 nitrogen and oxygen atoms in total.